The summed E-state index contributed by atoms with van der Waals surface area (Å²) in [4.78, 5) is 8.78. The highest BCUT2D eigenvalue weighted by Gasteiger charge is 2.09. The zero-order chi connectivity index (χ0) is 11.8. The molecule has 0 amide bonds. The van der Waals surface area contributed by atoms with Crippen LogP contribution in [0.5, 0.6) is 0 Å². The van der Waals surface area contributed by atoms with Crippen molar-refractivity contribution >= 4 is 27.0 Å². The molecule has 0 bridgehead atoms. The van der Waals surface area contributed by atoms with Crippen molar-refractivity contribution in [1.82, 2.24) is 14.5 Å². The van der Waals surface area contributed by atoms with Crippen molar-refractivity contribution in [1.29, 1.82) is 0 Å². The fourth-order valence-corrected chi connectivity index (χ4v) is 2.25. The van der Waals surface area contributed by atoms with Gasteiger partial charge in [-0.3, -0.25) is 4.57 Å². The Morgan fingerprint density at radius 1 is 1.12 bits per heavy atom. The Morgan fingerprint density at radius 3 is 2.82 bits per heavy atom. The van der Waals surface area contributed by atoms with E-state index >= 15 is 0 Å². The summed E-state index contributed by atoms with van der Waals surface area (Å²) in [6.45, 7) is 2.05. The molecule has 17 heavy (non-hydrogen) atoms. The monoisotopic (exact) mass is 287 g/mol. The molecule has 84 valence electrons. The van der Waals surface area contributed by atoms with E-state index in [0.29, 0.717) is 0 Å². The van der Waals surface area contributed by atoms with E-state index in [2.05, 4.69) is 25.9 Å². The summed E-state index contributed by atoms with van der Waals surface area (Å²) in [6.07, 6.45) is 3.61. The standard InChI is InChI=1S/C13H10BrN3/c1-9-6-7-15-13(12(9)14)17-8-16-10-4-2-3-5-11(10)17/h2-8H,1H3. The summed E-state index contributed by atoms with van der Waals surface area (Å²) < 4.78 is 3.00. The van der Waals surface area contributed by atoms with Crippen LogP contribution in [-0.4, -0.2) is 14.5 Å². The average Bonchev–Trinajstić information content (AvgIpc) is 2.77. The summed E-state index contributed by atoms with van der Waals surface area (Å²) >= 11 is 3.58. The van der Waals surface area contributed by atoms with E-state index in [1.165, 1.54) is 0 Å². The molecule has 2 heterocycles. The average molecular weight is 288 g/mol. The molecule has 0 spiro atoms. The minimum Gasteiger partial charge on any atom is -0.282 e. The Labute approximate surface area is 107 Å². The van der Waals surface area contributed by atoms with Crippen molar-refractivity contribution in [2.24, 2.45) is 0 Å². The van der Waals surface area contributed by atoms with Gasteiger partial charge in [-0.2, -0.15) is 0 Å². The lowest BCUT2D eigenvalue weighted by atomic mass is 10.3. The molecule has 0 atom stereocenters. The van der Waals surface area contributed by atoms with Crippen molar-refractivity contribution < 1.29 is 0 Å². The zero-order valence-corrected chi connectivity index (χ0v) is 10.8. The topological polar surface area (TPSA) is 30.7 Å². The fraction of sp³-hybridized carbons (Fsp3) is 0.0769. The third-order valence-electron chi connectivity index (χ3n) is 2.75. The Balaban J connectivity index is 2.31. The number of fused-ring (bicyclic) bond motifs is 1. The lowest BCUT2D eigenvalue weighted by molar-refractivity contribution is 1.00. The first-order valence-electron chi connectivity index (χ1n) is 5.31. The van der Waals surface area contributed by atoms with Crippen molar-refractivity contribution in [2.45, 2.75) is 6.92 Å². The number of aryl methyl sites for hydroxylation is 1. The number of hydrogen-bond donors (Lipinski definition) is 0. The Kier molecular flexibility index (Phi) is 2.44. The minimum atomic E-state index is 0.874. The highest BCUT2D eigenvalue weighted by Crippen LogP contribution is 2.25. The first-order chi connectivity index (χ1) is 8.27. The van der Waals surface area contributed by atoms with Crippen molar-refractivity contribution in [2.75, 3.05) is 0 Å². The van der Waals surface area contributed by atoms with Crippen molar-refractivity contribution in [3.05, 3.63) is 52.9 Å². The number of rotatable bonds is 1. The molecule has 4 heteroatoms. The molecule has 0 aliphatic carbocycles. The van der Waals surface area contributed by atoms with Gasteiger partial charge in [-0.15, -0.1) is 0 Å². The van der Waals surface area contributed by atoms with Gasteiger partial charge in [-0.05, 0) is 46.6 Å². The molecule has 0 radical (unpaired) electrons. The number of aromatic nitrogens is 3. The second-order valence-electron chi connectivity index (χ2n) is 3.87. The van der Waals surface area contributed by atoms with Crippen LogP contribution >= 0.6 is 15.9 Å². The van der Waals surface area contributed by atoms with E-state index < -0.39 is 0 Å². The Morgan fingerprint density at radius 2 is 1.94 bits per heavy atom. The van der Waals surface area contributed by atoms with Gasteiger partial charge >= 0.3 is 0 Å². The molecule has 2 aromatic heterocycles. The number of nitrogens with zero attached hydrogens (tertiary/aromatic N) is 3. The molecule has 0 unspecified atom stereocenters. The molecule has 0 saturated carbocycles. The second kappa shape index (κ2) is 3.96. The largest absolute Gasteiger partial charge is 0.282 e. The number of para-hydroxylation sites is 2. The van der Waals surface area contributed by atoms with Gasteiger partial charge in [0.1, 0.15) is 6.33 Å². The lowest BCUT2D eigenvalue weighted by Crippen LogP contribution is -1.98. The molecule has 0 fully saturated rings. The first-order valence-corrected chi connectivity index (χ1v) is 6.10. The van der Waals surface area contributed by atoms with Crippen LogP contribution in [0.3, 0.4) is 0 Å². The van der Waals surface area contributed by atoms with Crippen LogP contribution in [-0.2, 0) is 0 Å². The third kappa shape index (κ3) is 1.65. The molecule has 0 aliphatic heterocycles. The van der Waals surface area contributed by atoms with Crippen LogP contribution in [0.2, 0.25) is 0 Å². The molecule has 0 saturated heterocycles. The minimum absolute atomic E-state index is 0.874. The van der Waals surface area contributed by atoms with Crippen LogP contribution in [0.25, 0.3) is 16.9 Å². The number of pyridine rings is 1. The zero-order valence-electron chi connectivity index (χ0n) is 9.26. The molecule has 1 aromatic carbocycles. The number of halogens is 1. The molecule has 3 nitrogen and oxygen atoms in total. The highest BCUT2D eigenvalue weighted by atomic mass is 79.9. The summed E-state index contributed by atoms with van der Waals surface area (Å²) in [5.74, 6) is 0.874. The molecular weight excluding hydrogens is 278 g/mol. The van der Waals surface area contributed by atoms with Gasteiger partial charge in [-0.1, -0.05) is 12.1 Å². The second-order valence-corrected chi connectivity index (χ2v) is 4.66. The molecule has 3 aromatic rings. The predicted molar refractivity (Wildman–Crippen MR) is 71.3 cm³/mol. The van der Waals surface area contributed by atoms with Crippen LogP contribution in [0, 0.1) is 6.92 Å². The van der Waals surface area contributed by atoms with Gasteiger partial charge in [-0.25, -0.2) is 9.97 Å². The number of benzene rings is 1. The summed E-state index contributed by atoms with van der Waals surface area (Å²) in [5.41, 5.74) is 3.20. The third-order valence-corrected chi connectivity index (χ3v) is 3.73. The normalized spacial score (nSPS) is 10.9. The smallest absolute Gasteiger partial charge is 0.152 e. The maximum atomic E-state index is 4.41. The number of hydrogen-bond acceptors (Lipinski definition) is 2. The summed E-state index contributed by atoms with van der Waals surface area (Å²) in [7, 11) is 0. The predicted octanol–water partition coefficient (Wildman–Crippen LogP) is 3.49. The lowest BCUT2D eigenvalue weighted by Gasteiger charge is -2.07. The fourth-order valence-electron chi connectivity index (χ4n) is 1.82. The Bertz CT molecular complexity index is 688. The quantitative estimate of drug-likeness (QED) is 0.686. The first kappa shape index (κ1) is 10.5. The van der Waals surface area contributed by atoms with Crippen LogP contribution in [0.1, 0.15) is 5.56 Å². The van der Waals surface area contributed by atoms with Gasteiger partial charge < -0.3 is 0 Å². The molecular formula is C13H10BrN3. The Hall–Kier alpha value is -1.68. The maximum Gasteiger partial charge on any atom is 0.152 e. The SMILES string of the molecule is Cc1ccnc(-n2cnc3ccccc32)c1Br. The van der Waals surface area contributed by atoms with Gasteiger partial charge in [0, 0.05) is 6.20 Å². The summed E-state index contributed by atoms with van der Waals surface area (Å²) in [5, 5.41) is 0. The van der Waals surface area contributed by atoms with Crippen LogP contribution in [0.15, 0.2) is 47.3 Å². The van der Waals surface area contributed by atoms with E-state index in [1.54, 1.807) is 6.33 Å². The van der Waals surface area contributed by atoms with E-state index in [4.69, 9.17) is 0 Å². The van der Waals surface area contributed by atoms with Gasteiger partial charge in [0.2, 0.25) is 0 Å². The molecule has 0 aliphatic rings. The molecule has 0 N–H and O–H groups in total. The molecule has 3 rings (SSSR count). The van der Waals surface area contributed by atoms with E-state index in [0.717, 1.165) is 26.9 Å². The van der Waals surface area contributed by atoms with Crippen molar-refractivity contribution in [3.8, 4) is 5.82 Å². The van der Waals surface area contributed by atoms with Gasteiger partial charge in [0.05, 0.1) is 15.5 Å². The summed E-state index contributed by atoms with van der Waals surface area (Å²) in [6, 6.07) is 10.0. The van der Waals surface area contributed by atoms with Gasteiger partial charge in [0.15, 0.2) is 5.82 Å². The maximum absolute atomic E-state index is 4.41. The van der Waals surface area contributed by atoms with Gasteiger partial charge in [0.25, 0.3) is 0 Å². The van der Waals surface area contributed by atoms with E-state index in [1.807, 2.05) is 48.0 Å². The van der Waals surface area contributed by atoms with Crippen LogP contribution in [0.4, 0.5) is 0 Å². The van der Waals surface area contributed by atoms with Crippen molar-refractivity contribution in [3.63, 3.8) is 0 Å². The highest BCUT2D eigenvalue weighted by molar-refractivity contribution is 9.10. The number of imidazole rings is 1. The van der Waals surface area contributed by atoms with Crippen LogP contribution < -0.4 is 0 Å². The van der Waals surface area contributed by atoms with E-state index in [-0.39, 0.29) is 0 Å². The van der Waals surface area contributed by atoms with E-state index in [9.17, 15) is 0 Å².